The van der Waals surface area contributed by atoms with Gasteiger partial charge in [0.2, 0.25) is 11.2 Å². The molecular formula is C30H29NO9. The highest BCUT2D eigenvalue weighted by Gasteiger charge is 2.36. The molecule has 4 aromatic rings. The number of ether oxygens (including phenoxy) is 5. The van der Waals surface area contributed by atoms with E-state index in [0.29, 0.717) is 39.0 Å². The van der Waals surface area contributed by atoms with E-state index >= 15 is 0 Å². The lowest BCUT2D eigenvalue weighted by molar-refractivity contribution is -0.0114. The maximum atomic E-state index is 13.7. The number of benzene rings is 3. The monoisotopic (exact) mass is 547 g/mol. The highest BCUT2D eigenvalue weighted by atomic mass is 16.6. The van der Waals surface area contributed by atoms with Gasteiger partial charge in [-0.2, -0.15) is 0 Å². The van der Waals surface area contributed by atoms with Crippen molar-refractivity contribution in [3.05, 3.63) is 57.8 Å². The number of aliphatic hydroxyl groups is 1. The van der Waals surface area contributed by atoms with Gasteiger partial charge in [-0.15, -0.1) is 0 Å². The molecule has 0 saturated heterocycles. The molecule has 0 saturated carbocycles. The van der Waals surface area contributed by atoms with Crippen LogP contribution < -0.4 is 29.1 Å². The first-order valence-electron chi connectivity index (χ1n) is 12.7. The van der Waals surface area contributed by atoms with E-state index in [9.17, 15) is 20.1 Å². The predicted octanol–water partition coefficient (Wildman–Crippen LogP) is 4.18. The van der Waals surface area contributed by atoms with Crippen LogP contribution in [0, 0.1) is 0 Å². The number of aromatic nitrogens is 1. The van der Waals surface area contributed by atoms with Gasteiger partial charge in [-0.3, -0.25) is 4.79 Å². The first-order chi connectivity index (χ1) is 19.1. The second-order valence-electron chi connectivity index (χ2n) is 10.4. The molecule has 208 valence electrons. The van der Waals surface area contributed by atoms with Gasteiger partial charge in [0.15, 0.2) is 35.2 Å². The molecule has 0 radical (unpaired) electrons. The molecule has 3 heterocycles. The smallest absolute Gasteiger partial charge is 0.201 e. The van der Waals surface area contributed by atoms with Crippen LogP contribution in [-0.2, 0) is 7.05 Å². The molecule has 40 heavy (non-hydrogen) atoms. The molecule has 1 aromatic heterocycles. The van der Waals surface area contributed by atoms with Crippen LogP contribution in [0.4, 0.5) is 0 Å². The molecule has 0 amide bonds. The zero-order valence-corrected chi connectivity index (χ0v) is 22.6. The maximum absolute atomic E-state index is 13.7. The fourth-order valence-corrected chi connectivity index (χ4v) is 5.51. The molecule has 0 fully saturated rings. The van der Waals surface area contributed by atoms with E-state index < -0.39 is 24.4 Å². The minimum Gasteiger partial charge on any atom is -0.507 e. The van der Waals surface area contributed by atoms with Crippen LogP contribution in [-0.4, -0.2) is 52.4 Å². The second kappa shape index (κ2) is 8.99. The van der Waals surface area contributed by atoms with Crippen molar-refractivity contribution in [1.82, 2.24) is 4.57 Å². The first-order valence-corrected chi connectivity index (χ1v) is 12.7. The van der Waals surface area contributed by atoms with E-state index in [-0.39, 0.29) is 39.6 Å². The fraction of sp³-hybridized carbons (Fsp3) is 0.300. The highest BCUT2D eigenvalue weighted by molar-refractivity contribution is 6.04. The zero-order chi connectivity index (χ0) is 28.5. The number of fused-ring (bicyclic) bond motifs is 6. The Morgan fingerprint density at radius 3 is 2.35 bits per heavy atom. The standard InChI is InChI=1S/C30H29NO9/c1-30(2)9-8-15-19(40-30)12-17(33)23-24(15)31(3)25-16(26(23)34)6-7-18-29(25)39-22(13-32)28(38-18)14-10-20(36-4)27(35)21(11-14)37-5/h6-12,22,28,32-33,35H,13H2,1-5H3/t22-,28-/m1/s1. The van der Waals surface area contributed by atoms with E-state index in [4.69, 9.17) is 23.7 Å². The number of pyridine rings is 1. The molecule has 2 aliphatic rings. The minimum absolute atomic E-state index is 0.160. The molecule has 3 N–H and O–H groups in total. The van der Waals surface area contributed by atoms with Crippen LogP contribution in [0.15, 0.2) is 41.2 Å². The minimum atomic E-state index is -0.870. The molecule has 3 aromatic carbocycles. The molecule has 2 atom stereocenters. The van der Waals surface area contributed by atoms with Crippen molar-refractivity contribution in [3.63, 3.8) is 0 Å². The van der Waals surface area contributed by atoms with Gasteiger partial charge in [0.05, 0.1) is 42.6 Å². The molecule has 2 aliphatic heterocycles. The summed E-state index contributed by atoms with van der Waals surface area (Å²) in [7, 11) is 4.62. The van der Waals surface area contributed by atoms with E-state index in [1.54, 1.807) is 35.9 Å². The van der Waals surface area contributed by atoms with E-state index in [0.717, 1.165) is 0 Å². The number of rotatable bonds is 4. The number of aliphatic hydroxyl groups excluding tert-OH is 1. The average molecular weight is 548 g/mol. The van der Waals surface area contributed by atoms with Crippen molar-refractivity contribution in [2.75, 3.05) is 20.8 Å². The largest absolute Gasteiger partial charge is 0.507 e. The Morgan fingerprint density at radius 2 is 1.70 bits per heavy atom. The van der Waals surface area contributed by atoms with Crippen LogP contribution in [0.25, 0.3) is 27.9 Å². The van der Waals surface area contributed by atoms with Gasteiger partial charge in [-0.05, 0) is 50.3 Å². The number of aromatic hydroxyl groups is 2. The van der Waals surface area contributed by atoms with Crippen LogP contribution in [0.5, 0.6) is 40.2 Å². The quantitative estimate of drug-likeness (QED) is 0.322. The molecule has 6 rings (SSSR count). The molecule has 0 unspecified atom stereocenters. The molecule has 0 aliphatic carbocycles. The summed E-state index contributed by atoms with van der Waals surface area (Å²) >= 11 is 0. The molecular weight excluding hydrogens is 518 g/mol. The summed E-state index contributed by atoms with van der Waals surface area (Å²) in [5.74, 6) is 1.10. The van der Waals surface area contributed by atoms with Crippen LogP contribution in [0.3, 0.4) is 0 Å². The number of phenols is 2. The number of hydrogen-bond donors (Lipinski definition) is 3. The summed E-state index contributed by atoms with van der Waals surface area (Å²) in [6.07, 6.45) is 2.13. The third kappa shape index (κ3) is 3.70. The summed E-state index contributed by atoms with van der Waals surface area (Å²) in [5.41, 5.74) is 1.17. The Hall–Kier alpha value is -4.57. The normalized spacial score (nSPS) is 18.9. The van der Waals surface area contributed by atoms with Crippen molar-refractivity contribution >= 4 is 27.9 Å². The van der Waals surface area contributed by atoms with Crippen LogP contribution in [0.2, 0.25) is 0 Å². The predicted molar refractivity (Wildman–Crippen MR) is 148 cm³/mol. The molecule has 0 bridgehead atoms. The van der Waals surface area contributed by atoms with Gasteiger partial charge < -0.3 is 43.6 Å². The summed E-state index contributed by atoms with van der Waals surface area (Å²) in [5, 5.41) is 32.1. The summed E-state index contributed by atoms with van der Waals surface area (Å²) in [6, 6.07) is 7.91. The number of nitrogens with zero attached hydrogens (tertiary/aromatic N) is 1. The molecule has 10 heteroatoms. The second-order valence-corrected chi connectivity index (χ2v) is 10.4. The van der Waals surface area contributed by atoms with E-state index in [1.807, 2.05) is 26.0 Å². The third-order valence-electron chi connectivity index (χ3n) is 7.42. The Balaban J connectivity index is 1.58. The van der Waals surface area contributed by atoms with Gasteiger partial charge >= 0.3 is 0 Å². The fourth-order valence-electron chi connectivity index (χ4n) is 5.51. The number of phenolic OH excluding ortho intramolecular Hbond substituents is 2. The van der Waals surface area contributed by atoms with Gasteiger partial charge in [-0.25, -0.2) is 0 Å². The summed E-state index contributed by atoms with van der Waals surface area (Å²) < 4.78 is 31.1. The van der Waals surface area contributed by atoms with Crippen molar-refractivity contribution in [2.45, 2.75) is 31.7 Å². The lowest BCUT2D eigenvalue weighted by Gasteiger charge is -2.34. The Kier molecular flexibility index (Phi) is 5.77. The Labute approximate surface area is 229 Å². The van der Waals surface area contributed by atoms with Gasteiger partial charge in [0, 0.05) is 24.2 Å². The van der Waals surface area contributed by atoms with E-state index in [2.05, 4.69) is 0 Å². The topological polar surface area (TPSA) is 129 Å². The van der Waals surface area contributed by atoms with Gasteiger partial charge in [0.1, 0.15) is 17.1 Å². The average Bonchev–Trinajstić information content (AvgIpc) is 2.93. The SMILES string of the molecule is COc1cc([C@H]2Oc3ccc4c(=O)c5c(O)cc6c(c5n(C)c4c3O[C@@H]2CO)C=CC(C)(C)O6)cc(OC)c1O. The molecule has 10 nitrogen and oxygen atoms in total. The van der Waals surface area contributed by atoms with Crippen molar-refractivity contribution < 1.29 is 39.0 Å². The number of methoxy groups -OCH3 is 2. The Morgan fingerprint density at radius 1 is 1.00 bits per heavy atom. The zero-order valence-electron chi connectivity index (χ0n) is 22.6. The Bertz CT molecular complexity index is 1760. The lowest BCUT2D eigenvalue weighted by atomic mass is 9.97. The van der Waals surface area contributed by atoms with Crippen molar-refractivity contribution in [2.24, 2.45) is 7.05 Å². The van der Waals surface area contributed by atoms with Gasteiger partial charge in [0.25, 0.3) is 0 Å². The third-order valence-corrected chi connectivity index (χ3v) is 7.42. The summed E-state index contributed by atoms with van der Waals surface area (Å²) in [6.45, 7) is 3.40. The number of aryl methyl sites for hydroxylation is 1. The number of hydrogen-bond acceptors (Lipinski definition) is 9. The lowest BCUT2D eigenvalue weighted by Crippen LogP contribution is -2.36. The maximum Gasteiger partial charge on any atom is 0.201 e. The van der Waals surface area contributed by atoms with Gasteiger partial charge in [-0.1, -0.05) is 0 Å². The van der Waals surface area contributed by atoms with Crippen LogP contribution >= 0.6 is 0 Å². The van der Waals surface area contributed by atoms with Crippen LogP contribution in [0.1, 0.15) is 31.1 Å². The van der Waals surface area contributed by atoms with Crippen molar-refractivity contribution in [3.8, 4) is 40.2 Å². The summed E-state index contributed by atoms with van der Waals surface area (Å²) in [4.78, 5) is 13.7. The highest BCUT2D eigenvalue weighted by Crippen LogP contribution is 2.48. The van der Waals surface area contributed by atoms with Crippen molar-refractivity contribution in [1.29, 1.82) is 0 Å². The molecule has 0 spiro atoms. The van der Waals surface area contributed by atoms with E-state index in [1.165, 1.54) is 20.3 Å². The first kappa shape index (κ1) is 25.7.